The van der Waals surface area contributed by atoms with Crippen molar-refractivity contribution < 1.29 is 0 Å². The number of aromatic nitrogens is 4. The molecule has 0 saturated carbocycles. The molecule has 0 aliphatic carbocycles. The molecule has 19 heavy (non-hydrogen) atoms. The number of aromatic amines is 1. The third kappa shape index (κ3) is 2.75. The summed E-state index contributed by atoms with van der Waals surface area (Å²) in [6.45, 7) is 4.27. The number of H-pyrrole nitrogens is 1. The zero-order valence-electron chi connectivity index (χ0n) is 11.2. The number of aryl methyl sites for hydroxylation is 1. The molecule has 2 aromatic heterocycles. The van der Waals surface area contributed by atoms with Gasteiger partial charge < -0.3 is 4.90 Å². The Bertz CT molecular complexity index is 522. The summed E-state index contributed by atoms with van der Waals surface area (Å²) in [5.41, 5.74) is 2.54. The van der Waals surface area contributed by atoms with Crippen LogP contribution in [0.3, 0.4) is 0 Å². The quantitative estimate of drug-likeness (QED) is 0.913. The molecule has 1 aliphatic heterocycles. The maximum absolute atomic E-state index is 4.35. The minimum absolute atomic E-state index is 0.669. The van der Waals surface area contributed by atoms with E-state index in [1.807, 2.05) is 18.5 Å². The largest absolute Gasteiger partial charge is 0.356 e. The molecule has 1 N–H and O–H groups in total. The van der Waals surface area contributed by atoms with Crippen molar-refractivity contribution in [2.75, 3.05) is 18.0 Å². The molecule has 0 bridgehead atoms. The molecular weight excluding hydrogens is 238 g/mol. The number of piperidine rings is 1. The highest BCUT2D eigenvalue weighted by atomic mass is 15.2. The Hall–Kier alpha value is -1.91. The Kier molecular flexibility index (Phi) is 3.44. The molecule has 0 spiro atoms. The van der Waals surface area contributed by atoms with Crippen LogP contribution in [0.25, 0.3) is 0 Å². The van der Waals surface area contributed by atoms with Gasteiger partial charge in [-0.2, -0.15) is 5.10 Å². The second-order valence-corrected chi connectivity index (χ2v) is 5.26. The van der Waals surface area contributed by atoms with Gasteiger partial charge in [-0.15, -0.1) is 0 Å². The van der Waals surface area contributed by atoms with Gasteiger partial charge in [-0.05, 0) is 43.7 Å². The van der Waals surface area contributed by atoms with Crippen LogP contribution in [-0.2, 0) is 6.42 Å². The molecule has 0 radical (unpaired) electrons. The summed E-state index contributed by atoms with van der Waals surface area (Å²) in [6.07, 6.45) is 8.92. The Morgan fingerprint density at radius 3 is 3.16 bits per heavy atom. The van der Waals surface area contributed by atoms with Gasteiger partial charge in [-0.1, -0.05) is 0 Å². The highest BCUT2D eigenvalue weighted by Crippen LogP contribution is 2.24. The number of nitrogens with one attached hydrogen (secondary N) is 1. The first kappa shape index (κ1) is 12.1. The molecular formula is C14H19N5. The summed E-state index contributed by atoms with van der Waals surface area (Å²) < 4.78 is 0. The molecule has 1 fully saturated rings. The fourth-order valence-electron chi connectivity index (χ4n) is 2.78. The SMILES string of the molecule is Cc1cn[nH]c1CC1CCCN(c2ccncn2)C1. The van der Waals surface area contributed by atoms with E-state index in [0.29, 0.717) is 5.92 Å². The molecule has 3 rings (SSSR count). The molecule has 3 heterocycles. The van der Waals surface area contributed by atoms with Gasteiger partial charge in [0.15, 0.2) is 0 Å². The number of hydrogen-bond acceptors (Lipinski definition) is 4. The first-order valence-electron chi connectivity index (χ1n) is 6.83. The lowest BCUT2D eigenvalue weighted by molar-refractivity contribution is 0.407. The van der Waals surface area contributed by atoms with E-state index >= 15 is 0 Å². The van der Waals surface area contributed by atoms with Crippen LogP contribution in [0.1, 0.15) is 24.1 Å². The maximum atomic E-state index is 4.35. The van der Waals surface area contributed by atoms with E-state index in [4.69, 9.17) is 0 Å². The fourth-order valence-corrected chi connectivity index (χ4v) is 2.78. The van der Waals surface area contributed by atoms with Gasteiger partial charge >= 0.3 is 0 Å². The Morgan fingerprint density at radius 1 is 1.47 bits per heavy atom. The second-order valence-electron chi connectivity index (χ2n) is 5.26. The van der Waals surface area contributed by atoms with Crippen LogP contribution < -0.4 is 4.90 Å². The van der Waals surface area contributed by atoms with E-state index in [1.165, 1.54) is 24.1 Å². The van der Waals surface area contributed by atoms with E-state index in [2.05, 4.69) is 32.0 Å². The Balaban J connectivity index is 1.67. The highest BCUT2D eigenvalue weighted by molar-refractivity contribution is 5.37. The maximum Gasteiger partial charge on any atom is 0.131 e. The molecule has 5 heteroatoms. The van der Waals surface area contributed by atoms with E-state index < -0.39 is 0 Å². The normalized spacial score (nSPS) is 19.6. The number of nitrogens with zero attached hydrogens (tertiary/aromatic N) is 4. The summed E-state index contributed by atoms with van der Waals surface area (Å²) >= 11 is 0. The van der Waals surface area contributed by atoms with Gasteiger partial charge in [0.05, 0.1) is 6.20 Å². The predicted octanol–water partition coefficient (Wildman–Crippen LogP) is 1.97. The van der Waals surface area contributed by atoms with Crippen LogP contribution in [0.2, 0.25) is 0 Å². The van der Waals surface area contributed by atoms with Crippen molar-refractivity contribution in [2.24, 2.45) is 5.92 Å². The minimum atomic E-state index is 0.669. The van der Waals surface area contributed by atoms with Crippen LogP contribution in [-0.4, -0.2) is 33.3 Å². The van der Waals surface area contributed by atoms with Crippen molar-refractivity contribution in [3.05, 3.63) is 36.0 Å². The molecule has 1 saturated heterocycles. The first-order valence-corrected chi connectivity index (χ1v) is 6.83. The van der Waals surface area contributed by atoms with Crippen molar-refractivity contribution in [3.63, 3.8) is 0 Å². The van der Waals surface area contributed by atoms with Crippen LogP contribution in [0, 0.1) is 12.8 Å². The zero-order chi connectivity index (χ0) is 13.1. The van der Waals surface area contributed by atoms with Crippen molar-refractivity contribution in [2.45, 2.75) is 26.2 Å². The lowest BCUT2D eigenvalue weighted by atomic mass is 9.92. The first-order chi connectivity index (χ1) is 9.33. The Labute approximate surface area is 113 Å². The molecule has 0 amide bonds. The highest BCUT2D eigenvalue weighted by Gasteiger charge is 2.22. The standard InChI is InChI=1S/C14H19N5/c1-11-8-17-18-13(11)7-12-3-2-6-19(9-12)14-4-5-15-10-16-14/h4-5,8,10,12H,2-3,6-7,9H2,1H3,(H,17,18). The zero-order valence-corrected chi connectivity index (χ0v) is 11.2. The number of anilines is 1. The lowest BCUT2D eigenvalue weighted by Crippen LogP contribution is -2.36. The van der Waals surface area contributed by atoms with E-state index in [-0.39, 0.29) is 0 Å². The van der Waals surface area contributed by atoms with Crippen LogP contribution in [0.5, 0.6) is 0 Å². The molecule has 0 aromatic carbocycles. The molecule has 1 atom stereocenters. The number of hydrogen-bond donors (Lipinski definition) is 1. The molecule has 1 unspecified atom stereocenters. The summed E-state index contributed by atoms with van der Waals surface area (Å²) in [4.78, 5) is 10.7. The summed E-state index contributed by atoms with van der Waals surface area (Å²) in [5.74, 6) is 1.71. The average molecular weight is 257 g/mol. The van der Waals surface area contributed by atoms with Crippen molar-refractivity contribution >= 4 is 5.82 Å². The molecule has 5 nitrogen and oxygen atoms in total. The van der Waals surface area contributed by atoms with E-state index in [1.54, 1.807) is 6.33 Å². The van der Waals surface area contributed by atoms with Gasteiger partial charge in [0.1, 0.15) is 12.1 Å². The summed E-state index contributed by atoms with van der Waals surface area (Å²) in [7, 11) is 0. The second kappa shape index (κ2) is 5.38. The van der Waals surface area contributed by atoms with Crippen LogP contribution >= 0.6 is 0 Å². The predicted molar refractivity (Wildman–Crippen MR) is 74.0 cm³/mol. The summed E-state index contributed by atoms with van der Waals surface area (Å²) in [6, 6.07) is 1.99. The van der Waals surface area contributed by atoms with Gasteiger partial charge in [0, 0.05) is 25.0 Å². The van der Waals surface area contributed by atoms with Gasteiger partial charge in [0.25, 0.3) is 0 Å². The van der Waals surface area contributed by atoms with Crippen LogP contribution in [0.15, 0.2) is 24.8 Å². The molecule has 1 aliphatic rings. The van der Waals surface area contributed by atoms with Gasteiger partial charge in [-0.25, -0.2) is 9.97 Å². The fraction of sp³-hybridized carbons (Fsp3) is 0.500. The smallest absolute Gasteiger partial charge is 0.131 e. The van der Waals surface area contributed by atoms with Gasteiger partial charge in [-0.3, -0.25) is 5.10 Å². The third-order valence-corrected chi connectivity index (χ3v) is 3.84. The summed E-state index contributed by atoms with van der Waals surface area (Å²) in [5, 5.41) is 7.22. The minimum Gasteiger partial charge on any atom is -0.356 e. The molecule has 100 valence electrons. The van der Waals surface area contributed by atoms with Crippen LogP contribution in [0.4, 0.5) is 5.82 Å². The van der Waals surface area contributed by atoms with Gasteiger partial charge in [0.2, 0.25) is 0 Å². The topological polar surface area (TPSA) is 57.7 Å². The van der Waals surface area contributed by atoms with Crippen molar-refractivity contribution in [3.8, 4) is 0 Å². The molecule has 2 aromatic rings. The van der Waals surface area contributed by atoms with Crippen molar-refractivity contribution in [1.29, 1.82) is 0 Å². The monoisotopic (exact) mass is 257 g/mol. The van der Waals surface area contributed by atoms with Crippen molar-refractivity contribution in [1.82, 2.24) is 20.2 Å². The lowest BCUT2D eigenvalue weighted by Gasteiger charge is -2.33. The van der Waals surface area contributed by atoms with E-state index in [0.717, 1.165) is 25.3 Å². The average Bonchev–Trinajstić information content (AvgIpc) is 2.86. The third-order valence-electron chi connectivity index (χ3n) is 3.84. The van der Waals surface area contributed by atoms with E-state index in [9.17, 15) is 0 Å². The Morgan fingerprint density at radius 2 is 2.42 bits per heavy atom. The number of rotatable bonds is 3.